The zero-order chi connectivity index (χ0) is 20.4. The molecule has 1 aliphatic rings. The summed E-state index contributed by atoms with van der Waals surface area (Å²) >= 11 is 0. The van der Waals surface area contributed by atoms with Crippen LogP contribution in [0.1, 0.15) is 28.9 Å². The topological polar surface area (TPSA) is 115 Å². The Bertz CT molecular complexity index is 1090. The van der Waals surface area contributed by atoms with Gasteiger partial charge in [0, 0.05) is 31.2 Å². The van der Waals surface area contributed by atoms with Crippen LogP contribution in [-0.4, -0.2) is 52.9 Å². The van der Waals surface area contributed by atoms with E-state index in [4.69, 9.17) is 0 Å². The fourth-order valence-corrected chi connectivity index (χ4v) is 4.96. The second-order valence-corrected chi connectivity index (χ2v) is 9.07. The van der Waals surface area contributed by atoms with Crippen LogP contribution in [0.15, 0.2) is 53.7 Å². The van der Waals surface area contributed by atoms with Crippen molar-refractivity contribution in [2.45, 2.75) is 30.4 Å². The predicted molar refractivity (Wildman–Crippen MR) is 108 cm³/mol. The summed E-state index contributed by atoms with van der Waals surface area (Å²) in [5, 5.41) is 13.5. The highest BCUT2D eigenvalue weighted by Gasteiger charge is 2.29. The van der Waals surface area contributed by atoms with Crippen LogP contribution in [0.25, 0.3) is 10.9 Å². The second-order valence-electron chi connectivity index (χ2n) is 7.13. The number of carbonyl (C=O) groups excluding carboxylic acids is 1. The number of hydrogen-bond donors (Lipinski definition) is 3. The minimum absolute atomic E-state index is 0.125. The SMILES string of the molecule is O=C(NCc1ccc(S(=O)(=O)N2CCC[C@H](O)C2)cc1)c1cc2ccncc2[nH]1. The van der Waals surface area contributed by atoms with Gasteiger partial charge in [-0.25, -0.2) is 8.42 Å². The fraction of sp³-hybridized carbons (Fsp3) is 0.300. The molecule has 1 saturated heterocycles. The van der Waals surface area contributed by atoms with Gasteiger partial charge in [-0.05, 0) is 42.7 Å². The van der Waals surface area contributed by atoms with Crippen molar-refractivity contribution in [2.24, 2.45) is 0 Å². The van der Waals surface area contributed by atoms with E-state index in [1.165, 1.54) is 16.4 Å². The molecule has 1 fully saturated rings. The van der Waals surface area contributed by atoms with Gasteiger partial charge in [0.15, 0.2) is 0 Å². The highest BCUT2D eigenvalue weighted by molar-refractivity contribution is 7.89. The number of carbonyl (C=O) groups is 1. The number of fused-ring (bicyclic) bond motifs is 1. The number of β-amino-alcohol motifs (C(OH)–C–C–N with tert-alkyl or cyclic N) is 1. The Morgan fingerprint density at radius 3 is 2.79 bits per heavy atom. The highest BCUT2D eigenvalue weighted by atomic mass is 32.2. The van der Waals surface area contributed by atoms with Crippen LogP contribution in [0.5, 0.6) is 0 Å². The van der Waals surface area contributed by atoms with Gasteiger partial charge in [0.05, 0.1) is 22.7 Å². The van der Waals surface area contributed by atoms with Gasteiger partial charge < -0.3 is 15.4 Å². The third kappa shape index (κ3) is 4.16. The number of nitrogens with zero attached hydrogens (tertiary/aromatic N) is 2. The third-order valence-corrected chi connectivity index (χ3v) is 6.92. The fourth-order valence-electron chi connectivity index (χ4n) is 3.44. The molecule has 3 heterocycles. The Hall–Kier alpha value is -2.75. The Morgan fingerprint density at radius 2 is 2.07 bits per heavy atom. The summed E-state index contributed by atoms with van der Waals surface area (Å²) in [4.78, 5) is 19.6. The van der Waals surface area contributed by atoms with Gasteiger partial charge in [-0.15, -0.1) is 0 Å². The first-order valence-corrected chi connectivity index (χ1v) is 10.9. The summed E-state index contributed by atoms with van der Waals surface area (Å²) in [6.07, 6.45) is 3.98. The number of pyridine rings is 1. The molecule has 4 rings (SSSR count). The zero-order valence-electron chi connectivity index (χ0n) is 15.7. The molecule has 29 heavy (non-hydrogen) atoms. The number of nitrogens with one attached hydrogen (secondary N) is 2. The number of benzene rings is 1. The lowest BCUT2D eigenvalue weighted by Crippen LogP contribution is -2.42. The smallest absolute Gasteiger partial charge is 0.267 e. The molecule has 1 amide bonds. The van der Waals surface area contributed by atoms with E-state index in [1.54, 1.807) is 30.6 Å². The minimum Gasteiger partial charge on any atom is -0.392 e. The molecule has 8 nitrogen and oxygen atoms in total. The van der Waals surface area contributed by atoms with Crippen LogP contribution in [0.4, 0.5) is 0 Å². The average Bonchev–Trinajstić information content (AvgIpc) is 3.17. The summed E-state index contributed by atoms with van der Waals surface area (Å²) in [5.41, 5.74) is 2.01. The number of piperidine rings is 1. The van der Waals surface area contributed by atoms with Crippen molar-refractivity contribution in [1.82, 2.24) is 19.6 Å². The number of hydrogen-bond acceptors (Lipinski definition) is 5. The quantitative estimate of drug-likeness (QED) is 0.587. The molecule has 0 aliphatic carbocycles. The molecule has 1 atom stereocenters. The van der Waals surface area contributed by atoms with Gasteiger partial charge in [0.1, 0.15) is 5.69 Å². The summed E-state index contributed by atoms with van der Waals surface area (Å²) in [7, 11) is -3.63. The number of sulfonamides is 1. The van der Waals surface area contributed by atoms with Crippen molar-refractivity contribution < 1.29 is 18.3 Å². The van der Waals surface area contributed by atoms with Crippen LogP contribution in [0, 0.1) is 0 Å². The summed E-state index contributed by atoms with van der Waals surface area (Å²) in [5.74, 6) is -0.250. The van der Waals surface area contributed by atoms with Gasteiger partial charge in [0.25, 0.3) is 5.91 Å². The lowest BCUT2D eigenvalue weighted by atomic mass is 10.1. The molecule has 152 valence electrons. The van der Waals surface area contributed by atoms with Crippen molar-refractivity contribution in [3.8, 4) is 0 Å². The van der Waals surface area contributed by atoms with Crippen LogP contribution in [0.3, 0.4) is 0 Å². The van der Waals surface area contributed by atoms with Crippen molar-refractivity contribution in [3.63, 3.8) is 0 Å². The molecule has 2 aromatic heterocycles. The van der Waals surface area contributed by atoms with Gasteiger partial charge in [-0.3, -0.25) is 9.78 Å². The van der Waals surface area contributed by atoms with E-state index >= 15 is 0 Å². The zero-order valence-corrected chi connectivity index (χ0v) is 16.5. The number of amides is 1. The number of aromatic nitrogens is 2. The molecule has 1 aliphatic heterocycles. The van der Waals surface area contributed by atoms with Crippen molar-refractivity contribution >= 4 is 26.8 Å². The van der Waals surface area contributed by atoms with Gasteiger partial charge in [-0.1, -0.05) is 12.1 Å². The maximum absolute atomic E-state index is 12.7. The first-order valence-electron chi connectivity index (χ1n) is 9.41. The lowest BCUT2D eigenvalue weighted by Gasteiger charge is -2.29. The van der Waals surface area contributed by atoms with Crippen molar-refractivity contribution in [3.05, 3.63) is 60.0 Å². The Balaban J connectivity index is 1.41. The molecule has 0 spiro atoms. The van der Waals surface area contributed by atoms with Crippen LogP contribution < -0.4 is 5.32 Å². The van der Waals surface area contributed by atoms with E-state index in [-0.39, 0.29) is 23.9 Å². The molecular weight excluding hydrogens is 392 g/mol. The van der Waals surface area contributed by atoms with E-state index in [9.17, 15) is 18.3 Å². The van der Waals surface area contributed by atoms with Gasteiger partial charge in [-0.2, -0.15) is 4.31 Å². The molecule has 1 aromatic carbocycles. The summed E-state index contributed by atoms with van der Waals surface area (Å²) < 4.78 is 26.8. The normalized spacial score (nSPS) is 18.0. The Morgan fingerprint density at radius 1 is 1.28 bits per heavy atom. The highest BCUT2D eigenvalue weighted by Crippen LogP contribution is 2.21. The van der Waals surface area contributed by atoms with Gasteiger partial charge >= 0.3 is 0 Å². The number of aliphatic hydroxyl groups excluding tert-OH is 1. The van der Waals surface area contributed by atoms with Crippen LogP contribution in [0.2, 0.25) is 0 Å². The molecule has 0 unspecified atom stereocenters. The molecule has 0 bridgehead atoms. The molecule has 0 radical (unpaired) electrons. The third-order valence-electron chi connectivity index (χ3n) is 5.04. The maximum atomic E-state index is 12.7. The minimum atomic E-state index is -3.63. The molecular formula is C20H22N4O4S. The number of rotatable bonds is 5. The van der Waals surface area contributed by atoms with Crippen LogP contribution >= 0.6 is 0 Å². The Kier molecular flexibility index (Phi) is 5.35. The Labute approximate surface area is 168 Å². The van der Waals surface area contributed by atoms with E-state index in [0.29, 0.717) is 25.1 Å². The largest absolute Gasteiger partial charge is 0.392 e. The van der Waals surface area contributed by atoms with E-state index in [0.717, 1.165) is 16.5 Å². The molecule has 0 saturated carbocycles. The second kappa shape index (κ2) is 7.94. The standard InChI is InChI=1S/C20H22N4O4S/c25-16-2-1-9-24(13-16)29(27,28)17-5-3-14(4-6-17)11-22-20(26)18-10-15-7-8-21-12-19(15)23-18/h3-8,10,12,16,23,25H,1-2,9,11,13H2,(H,22,26)/t16-/m0/s1. The van der Waals surface area contributed by atoms with E-state index in [2.05, 4.69) is 15.3 Å². The van der Waals surface area contributed by atoms with Crippen molar-refractivity contribution in [1.29, 1.82) is 0 Å². The molecule has 3 aromatic rings. The molecule has 9 heteroatoms. The molecule has 3 N–H and O–H groups in total. The first-order chi connectivity index (χ1) is 13.9. The summed E-state index contributed by atoms with van der Waals surface area (Å²) in [6, 6.07) is 10.0. The average molecular weight is 414 g/mol. The summed E-state index contributed by atoms with van der Waals surface area (Å²) in [6.45, 7) is 0.812. The lowest BCUT2D eigenvalue weighted by molar-refractivity contribution is 0.0946. The number of H-pyrrole nitrogens is 1. The monoisotopic (exact) mass is 414 g/mol. The number of aliphatic hydroxyl groups is 1. The van der Waals surface area contributed by atoms with E-state index < -0.39 is 16.1 Å². The maximum Gasteiger partial charge on any atom is 0.267 e. The van der Waals surface area contributed by atoms with E-state index in [1.807, 2.05) is 6.07 Å². The van der Waals surface area contributed by atoms with Gasteiger partial charge in [0.2, 0.25) is 10.0 Å². The number of aromatic amines is 1. The van der Waals surface area contributed by atoms with Crippen molar-refractivity contribution in [2.75, 3.05) is 13.1 Å². The predicted octanol–water partition coefficient (Wildman–Crippen LogP) is 1.64. The first kappa shape index (κ1) is 19.6. The van der Waals surface area contributed by atoms with Crippen LogP contribution in [-0.2, 0) is 16.6 Å².